The van der Waals surface area contributed by atoms with Gasteiger partial charge in [0.25, 0.3) is 0 Å². The van der Waals surface area contributed by atoms with Crippen LogP contribution in [0.4, 0.5) is 0 Å². The Balaban J connectivity index is 2.15. The Hall–Kier alpha value is -1.10. The van der Waals surface area contributed by atoms with Crippen molar-refractivity contribution >= 4 is 37.4 Å². The highest BCUT2D eigenvalue weighted by Gasteiger charge is 2.19. The molecule has 0 radical (unpaired) electrons. The minimum absolute atomic E-state index is 0.147. The number of benzene rings is 1. The average molecular weight is 322 g/mol. The fourth-order valence-corrected chi connectivity index (χ4v) is 3.67. The van der Waals surface area contributed by atoms with Crippen LogP contribution in [0.3, 0.4) is 0 Å². The number of rotatable bonds is 3. The standard InChI is InChI=1S/C14H12BrNOS/c1-16-13(10-6-7-17-14(10)15)11-8-18-12-5-3-2-4-9(11)12/h2-8,13,16H,1H3. The highest BCUT2D eigenvalue weighted by Crippen LogP contribution is 2.36. The Morgan fingerprint density at radius 3 is 2.78 bits per heavy atom. The number of hydrogen-bond acceptors (Lipinski definition) is 3. The number of nitrogens with one attached hydrogen (secondary N) is 1. The molecule has 3 rings (SSSR count). The maximum atomic E-state index is 5.34. The second kappa shape index (κ2) is 4.88. The largest absolute Gasteiger partial charge is 0.457 e. The van der Waals surface area contributed by atoms with Crippen molar-refractivity contribution < 1.29 is 4.42 Å². The van der Waals surface area contributed by atoms with E-state index in [-0.39, 0.29) is 6.04 Å². The van der Waals surface area contributed by atoms with Gasteiger partial charge >= 0.3 is 0 Å². The van der Waals surface area contributed by atoms with Gasteiger partial charge in [0.15, 0.2) is 4.67 Å². The van der Waals surface area contributed by atoms with Gasteiger partial charge in [-0.15, -0.1) is 11.3 Å². The van der Waals surface area contributed by atoms with E-state index in [1.807, 2.05) is 13.1 Å². The van der Waals surface area contributed by atoms with Crippen molar-refractivity contribution in [3.05, 3.63) is 57.8 Å². The van der Waals surface area contributed by atoms with E-state index in [9.17, 15) is 0 Å². The molecule has 0 aliphatic rings. The summed E-state index contributed by atoms with van der Waals surface area (Å²) in [5.74, 6) is 0. The molecule has 1 aromatic carbocycles. The molecule has 0 saturated carbocycles. The van der Waals surface area contributed by atoms with E-state index in [2.05, 4.69) is 50.9 Å². The molecule has 92 valence electrons. The van der Waals surface area contributed by atoms with Gasteiger partial charge in [0, 0.05) is 10.3 Å². The summed E-state index contributed by atoms with van der Waals surface area (Å²) in [6, 6.07) is 10.6. The van der Waals surface area contributed by atoms with E-state index < -0.39 is 0 Å². The molecule has 0 spiro atoms. The van der Waals surface area contributed by atoms with E-state index in [1.54, 1.807) is 17.6 Å². The van der Waals surface area contributed by atoms with Crippen molar-refractivity contribution in [2.75, 3.05) is 7.05 Å². The Bertz CT molecular complexity index is 673. The second-order valence-electron chi connectivity index (χ2n) is 4.06. The van der Waals surface area contributed by atoms with Crippen LogP contribution in [0.1, 0.15) is 17.2 Å². The predicted molar refractivity (Wildman–Crippen MR) is 79.1 cm³/mol. The van der Waals surface area contributed by atoms with Gasteiger partial charge < -0.3 is 9.73 Å². The molecule has 18 heavy (non-hydrogen) atoms. The molecule has 0 saturated heterocycles. The Labute approximate surface area is 118 Å². The first kappa shape index (κ1) is 12.0. The Kier molecular flexibility index (Phi) is 3.24. The maximum absolute atomic E-state index is 5.34. The van der Waals surface area contributed by atoms with Crippen LogP contribution in [0.15, 0.2) is 51.1 Å². The van der Waals surface area contributed by atoms with Gasteiger partial charge in [-0.25, -0.2) is 0 Å². The van der Waals surface area contributed by atoms with Crippen LogP contribution >= 0.6 is 27.3 Å². The summed E-state index contributed by atoms with van der Waals surface area (Å²) in [4.78, 5) is 0. The molecule has 2 heterocycles. The number of thiophene rings is 1. The monoisotopic (exact) mass is 321 g/mol. The molecule has 1 N–H and O–H groups in total. The molecular formula is C14H12BrNOS. The normalized spacial score (nSPS) is 13.0. The lowest BCUT2D eigenvalue weighted by molar-refractivity contribution is 0.530. The molecule has 1 unspecified atom stereocenters. The molecule has 4 heteroatoms. The molecule has 0 aliphatic heterocycles. The van der Waals surface area contributed by atoms with Gasteiger partial charge in [0.05, 0.1) is 12.3 Å². The van der Waals surface area contributed by atoms with Gasteiger partial charge in [0.2, 0.25) is 0 Å². The lowest BCUT2D eigenvalue weighted by Gasteiger charge is -2.14. The van der Waals surface area contributed by atoms with Crippen molar-refractivity contribution in [1.29, 1.82) is 0 Å². The summed E-state index contributed by atoms with van der Waals surface area (Å²) in [5.41, 5.74) is 2.42. The summed E-state index contributed by atoms with van der Waals surface area (Å²) < 4.78 is 7.44. The van der Waals surface area contributed by atoms with Crippen LogP contribution in [-0.4, -0.2) is 7.05 Å². The van der Waals surface area contributed by atoms with Gasteiger partial charge in [-0.05, 0) is 51.4 Å². The third kappa shape index (κ3) is 1.90. The minimum Gasteiger partial charge on any atom is -0.457 e. The molecule has 0 aliphatic carbocycles. The summed E-state index contributed by atoms with van der Waals surface area (Å²) in [5, 5.41) is 6.87. The van der Waals surface area contributed by atoms with Gasteiger partial charge in [-0.1, -0.05) is 18.2 Å². The first-order chi connectivity index (χ1) is 8.81. The van der Waals surface area contributed by atoms with Crippen LogP contribution in [0, 0.1) is 0 Å². The van der Waals surface area contributed by atoms with Crippen molar-refractivity contribution in [1.82, 2.24) is 5.32 Å². The number of fused-ring (bicyclic) bond motifs is 1. The lowest BCUT2D eigenvalue weighted by atomic mass is 10.0. The van der Waals surface area contributed by atoms with Gasteiger partial charge in [-0.2, -0.15) is 0 Å². The smallest absolute Gasteiger partial charge is 0.174 e. The quantitative estimate of drug-likeness (QED) is 0.764. The fourth-order valence-electron chi connectivity index (χ4n) is 2.21. The fraction of sp³-hybridized carbons (Fsp3) is 0.143. The van der Waals surface area contributed by atoms with Crippen LogP contribution in [-0.2, 0) is 0 Å². The number of halogens is 1. The molecule has 2 aromatic heterocycles. The molecule has 3 aromatic rings. The van der Waals surface area contributed by atoms with Crippen molar-refractivity contribution in [2.24, 2.45) is 0 Å². The zero-order chi connectivity index (χ0) is 12.5. The third-order valence-corrected chi connectivity index (χ3v) is 4.69. The molecule has 0 amide bonds. The van der Waals surface area contributed by atoms with Crippen molar-refractivity contribution in [2.45, 2.75) is 6.04 Å². The van der Waals surface area contributed by atoms with E-state index >= 15 is 0 Å². The predicted octanol–water partition coefficient (Wildman–Crippen LogP) is 4.57. The molecular weight excluding hydrogens is 310 g/mol. The maximum Gasteiger partial charge on any atom is 0.174 e. The molecule has 2 nitrogen and oxygen atoms in total. The summed E-state index contributed by atoms with van der Waals surface area (Å²) in [7, 11) is 1.97. The van der Waals surface area contributed by atoms with Crippen molar-refractivity contribution in [3.63, 3.8) is 0 Å². The highest BCUT2D eigenvalue weighted by molar-refractivity contribution is 9.10. The van der Waals surface area contributed by atoms with Gasteiger partial charge in [0.1, 0.15) is 0 Å². The molecule has 0 bridgehead atoms. The zero-order valence-corrected chi connectivity index (χ0v) is 12.2. The van der Waals surface area contributed by atoms with E-state index in [4.69, 9.17) is 4.42 Å². The topological polar surface area (TPSA) is 25.2 Å². The van der Waals surface area contributed by atoms with E-state index in [1.165, 1.54) is 15.6 Å². The van der Waals surface area contributed by atoms with Crippen LogP contribution < -0.4 is 5.32 Å². The van der Waals surface area contributed by atoms with Gasteiger partial charge in [-0.3, -0.25) is 0 Å². The Morgan fingerprint density at radius 1 is 1.22 bits per heavy atom. The van der Waals surface area contributed by atoms with E-state index in [0.29, 0.717) is 0 Å². The van der Waals surface area contributed by atoms with Crippen LogP contribution in [0.25, 0.3) is 10.1 Å². The third-order valence-electron chi connectivity index (χ3n) is 3.07. The zero-order valence-electron chi connectivity index (χ0n) is 9.81. The summed E-state index contributed by atoms with van der Waals surface area (Å²) >= 11 is 5.23. The van der Waals surface area contributed by atoms with Crippen molar-refractivity contribution in [3.8, 4) is 0 Å². The van der Waals surface area contributed by atoms with Crippen LogP contribution in [0.5, 0.6) is 0 Å². The first-order valence-electron chi connectivity index (χ1n) is 5.67. The van der Waals surface area contributed by atoms with E-state index in [0.717, 1.165) is 10.2 Å². The first-order valence-corrected chi connectivity index (χ1v) is 7.35. The SMILES string of the molecule is CNC(c1ccoc1Br)c1csc2ccccc12. The van der Waals surface area contributed by atoms with Crippen LogP contribution in [0.2, 0.25) is 0 Å². The Morgan fingerprint density at radius 2 is 2.06 bits per heavy atom. The minimum atomic E-state index is 0.147. The average Bonchev–Trinajstić information content (AvgIpc) is 2.99. The number of hydrogen-bond donors (Lipinski definition) is 1. The number of furan rings is 1. The second-order valence-corrected chi connectivity index (χ2v) is 5.69. The lowest BCUT2D eigenvalue weighted by Crippen LogP contribution is -2.16. The summed E-state index contributed by atoms with van der Waals surface area (Å²) in [6.07, 6.45) is 1.71. The molecule has 1 atom stereocenters. The molecule has 0 fully saturated rings. The highest BCUT2D eigenvalue weighted by atomic mass is 79.9. The summed E-state index contributed by atoms with van der Waals surface area (Å²) in [6.45, 7) is 0.